The molecule has 0 saturated heterocycles. The molecule has 10 heavy (non-hydrogen) atoms. The number of aliphatic hydroxyl groups excluding tert-OH is 1. The Labute approximate surface area is 61.6 Å². The van der Waals surface area contributed by atoms with Gasteiger partial charge in [0.2, 0.25) is 0 Å². The fourth-order valence-corrected chi connectivity index (χ4v) is 0.745. The molecule has 0 aliphatic carbocycles. The zero-order valence-electron chi connectivity index (χ0n) is 6.45. The van der Waals surface area contributed by atoms with E-state index in [4.69, 9.17) is 5.11 Å². The molecule has 0 bridgehead atoms. The molecule has 2 heteroatoms. The van der Waals surface area contributed by atoms with Gasteiger partial charge in [0.1, 0.15) is 6.29 Å². The molecule has 0 amide bonds. The van der Waals surface area contributed by atoms with Gasteiger partial charge in [0.25, 0.3) is 0 Å². The van der Waals surface area contributed by atoms with Gasteiger partial charge in [0, 0.05) is 12.3 Å². The minimum Gasteiger partial charge on any atom is -0.392 e. The summed E-state index contributed by atoms with van der Waals surface area (Å²) < 4.78 is 0. The fourth-order valence-electron chi connectivity index (χ4n) is 0.745. The standard InChI is InChI=1S/C8H14O2/c1-3-4-7(2)8(10)5-6-9/h3-4,6-8,10H,5H2,1-2H3/b4-3-. The maximum Gasteiger partial charge on any atom is 0.122 e. The van der Waals surface area contributed by atoms with Crippen LogP contribution in [0, 0.1) is 5.92 Å². The Morgan fingerprint density at radius 2 is 2.20 bits per heavy atom. The summed E-state index contributed by atoms with van der Waals surface area (Å²) in [4.78, 5) is 9.94. The number of hydrogen-bond acceptors (Lipinski definition) is 2. The summed E-state index contributed by atoms with van der Waals surface area (Å²) in [6.07, 6.45) is 4.21. The third-order valence-electron chi connectivity index (χ3n) is 1.44. The van der Waals surface area contributed by atoms with Crippen molar-refractivity contribution >= 4 is 6.29 Å². The van der Waals surface area contributed by atoms with Gasteiger partial charge in [-0.3, -0.25) is 0 Å². The van der Waals surface area contributed by atoms with E-state index in [9.17, 15) is 4.79 Å². The van der Waals surface area contributed by atoms with Gasteiger partial charge in [-0.1, -0.05) is 19.1 Å². The molecule has 0 heterocycles. The Bertz CT molecular complexity index is 118. The lowest BCUT2D eigenvalue weighted by Gasteiger charge is -2.10. The summed E-state index contributed by atoms with van der Waals surface area (Å²) in [5.41, 5.74) is 0. The Kier molecular flexibility index (Phi) is 4.85. The Balaban J connectivity index is 3.68. The summed E-state index contributed by atoms with van der Waals surface area (Å²) >= 11 is 0. The molecular formula is C8H14O2. The van der Waals surface area contributed by atoms with Crippen molar-refractivity contribution in [2.45, 2.75) is 26.4 Å². The molecule has 0 aromatic heterocycles. The molecule has 0 aromatic rings. The molecule has 1 N–H and O–H groups in total. The van der Waals surface area contributed by atoms with Crippen LogP contribution in [-0.4, -0.2) is 17.5 Å². The maximum atomic E-state index is 9.94. The van der Waals surface area contributed by atoms with Gasteiger partial charge in [0.15, 0.2) is 0 Å². The van der Waals surface area contributed by atoms with Crippen LogP contribution in [0.5, 0.6) is 0 Å². The van der Waals surface area contributed by atoms with Gasteiger partial charge in [-0.05, 0) is 6.92 Å². The number of carbonyl (C=O) groups is 1. The highest BCUT2D eigenvalue weighted by Crippen LogP contribution is 2.06. The first-order valence-electron chi connectivity index (χ1n) is 3.47. The maximum absolute atomic E-state index is 9.94. The first-order valence-corrected chi connectivity index (χ1v) is 3.47. The number of carbonyl (C=O) groups excluding carboxylic acids is 1. The van der Waals surface area contributed by atoms with Crippen LogP contribution in [0.15, 0.2) is 12.2 Å². The van der Waals surface area contributed by atoms with E-state index in [2.05, 4.69) is 0 Å². The first kappa shape index (κ1) is 9.37. The first-order chi connectivity index (χ1) is 4.72. The molecule has 58 valence electrons. The molecule has 0 aliphatic rings. The van der Waals surface area contributed by atoms with Crippen LogP contribution in [0.1, 0.15) is 20.3 Å². The van der Waals surface area contributed by atoms with E-state index in [1.165, 1.54) is 0 Å². The summed E-state index contributed by atoms with van der Waals surface area (Å²) in [6.45, 7) is 3.78. The number of allylic oxidation sites excluding steroid dienone is 1. The quantitative estimate of drug-likeness (QED) is 0.472. The molecule has 0 aromatic carbocycles. The SMILES string of the molecule is C/C=C\C(C)C(O)CC=O. The number of aliphatic hydroxyl groups is 1. The number of hydrogen-bond donors (Lipinski definition) is 1. The van der Waals surface area contributed by atoms with Crippen LogP contribution in [0.4, 0.5) is 0 Å². The molecular weight excluding hydrogens is 128 g/mol. The topological polar surface area (TPSA) is 37.3 Å². The Morgan fingerprint density at radius 1 is 1.60 bits per heavy atom. The van der Waals surface area contributed by atoms with Crippen molar-refractivity contribution in [3.63, 3.8) is 0 Å². The average molecular weight is 142 g/mol. The lowest BCUT2D eigenvalue weighted by atomic mass is 10.0. The van der Waals surface area contributed by atoms with Crippen molar-refractivity contribution in [2.75, 3.05) is 0 Å². The molecule has 2 atom stereocenters. The molecule has 0 spiro atoms. The van der Waals surface area contributed by atoms with Crippen LogP contribution in [0.2, 0.25) is 0 Å². The van der Waals surface area contributed by atoms with Crippen molar-refractivity contribution in [3.8, 4) is 0 Å². The number of aldehydes is 1. The lowest BCUT2D eigenvalue weighted by molar-refractivity contribution is -0.109. The Hall–Kier alpha value is -0.630. The molecule has 2 nitrogen and oxygen atoms in total. The van der Waals surface area contributed by atoms with Crippen molar-refractivity contribution in [3.05, 3.63) is 12.2 Å². The minimum atomic E-state index is -0.520. The fraction of sp³-hybridized carbons (Fsp3) is 0.625. The summed E-state index contributed by atoms with van der Waals surface area (Å²) in [6, 6.07) is 0. The second kappa shape index (κ2) is 5.18. The summed E-state index contributed by atoms with van der Waals surface area (Å²) in [7, 11) is 0. The third-order valence-corrected chi connectivity index (χ3v) is 1.44. The van der Waals surface area contributed by atoms with E-state index in [0.29, 0.717) is 0 Å². The molecule has 2 unspecified atom stereocenters. The van der Waals surface area contributed by atoms with Gasteiger partial charge in [-0.15, -0.1) is 0 Å². The van der Waals surface area contributed by atoms with Crippen molar-refractivity contribution in [2.24, 2.45) is 5.92 Å². The smallest absolute Gasteiger partial charge is 0.122 e. The molecule has 0 fully saturated rings. The largest absolute Gasteiger partial charge is 0.392 e. The zero-order chi connectivity index (χ0) is 7.98. The normalized spacial score (nSPS) is 17.1. The third kappa shape index (κ3) is 3.41. The molecule has 0 aliphatic heterocycles. The summed E-state index contributed by atoms with van der Waals surface area (Å²) in [5.74, 6) is 0.0789. The van der Waals surface area contributed by atoms with Crippen LogP contribution >= 0.6 is 0 Å². The molecule has 0 radical (unpaired) electrons. The lowest BCUT2D eigenvalue weighted by Crippen LogP contribution is -2.15. The van der Waals surface area contributed by atoms with Crippen LogP contribution in [0.3, 0.4) is 0 Å². The second-order valence-electron chi connectivity index (χ2n) is 2.35. The van der Waals surface area contributed by atoms with Gasteiger partial charge < -0.3 is 9.90 Å². The molecule has 0 rings (SSSR count). The van der Waals surface area contributed by atoms with Crippen LogP contribution in [-0.2, 0) is 4.79 Å². The van der Waals surface area contributed by atoms with E-state index >= 15 is 0 Å². The predicted octanol–water partition coefficient (Wildman–Crippen LogP) is 1.15. The van der Waals surface area contributed by atoms with Crippen LogP contribution in [0.25, 0.3) is 0 Å². The average Bonchev–Trinajstić information content (AvgIpc) is 1.89. The van der Waals surface area contributed by atoms with E-state index in [1.807, 2.05) is 26.0 Å². The van der Waals surface area contributed by atoms with Crippen molar-refractivity contribution < 1.29 is 9.90 Å². The van der Waals surface area contributed by atoms with Gasteiger partial charge in [0.05, 0.1) is 6.10 Å². The minimum absolute atomic E-state index is 0.0789. The number of rotatable bonds is 4. The van der Waals surface area contributed by atoms with E-state index < -0.39 is 6.10 Å². The van der Waals surface area contributed by atoms with Gasteiger partial charge >= 0.3 is 0 Å². The highest BCUT2D eigenvalue weighted by Gasteiger charge is 2.08. The van der Waals surface area contributed by atoms with Crippen molar-refractivity contribution in [1.29, 1.82) is 0 Å². The van der Waals surface area contributed by atoms with E-state index in [-0.39, 0.29) is 12.3 Å². The highest BCUT2D eigenvalue weighted by atomic mass is 16.3. The van der Waals surface area contributed by atoms with Gasteiger partial charge in [-0.2, -0.15) is 0 Å². The monoisotopic (exact) mass is 142 g/mol. The summed E-state index contributed by atoms with van der Waals surface area (Å²) in [5, 5.41) is 9.17. The predicted molar refractivity (Wildman–Crippen MR) is 40.7 cm³/mol. The van der Waals surface area contributed by atoms with E-state index in [1.54, 1.807) is 0 Å². The Morgan fingerprint density at radius 3 is 2.60 bits per heavy atom. The van der Waals surface area contributed by atoms with Crippen LogP contribution < -0.4 is 0 Å². The zero-order valence-corrected chi connectivity index (χ0v) is 6.45. The van der Waals surface area contributed by atoms with E-state index in [0.717, 1.165) is 6.29 Å². The molecule has 0 saturated carbocycles. The highest BCUT2D eigenvalue weighted by molar-refractivity contribution is 5.50. The second-order valence-corrected chi connectivity index (χ2v) is 2.35. The van der Waals surface area contributed by atoms with Crippen molar-refractivity contribution in [1.82, 2.24) is 0 Å². The van der Waals surface area contributed by atoms with Gasteiger partial charge in [-0.25, -0.2) is 0 Å².